The Hall–Kier alpha value is -0.810. The van der Waals surface area contributed by atoms with E-state index in [0.717, 1.165) is 18.2 Å². The quantitative estimate of drug-likeness (QED) is 0.777. The second kappa shape index (κ2) is 3.51. The van der Waals surface area contributed by atoms with Crippen molar-refractivity contribution in [3.05, 3.63) is 29.6 Å². The summed E-state index contributed by atoms with van der Waals surface area (Å²) in [4.78, 5) is 0. The van der Waals surface area contributed by atoms with Crippen molar-refractivity contribution in [3.8, 4) is 5.75 Å². The number of phenols is 1. The van der Waals surface area contributed by atoms with Crippen LogP contribution in [-0.4, -0.2) is 13.5 Å². The zero-order chi connectivity index (χ0) is 10.1. The molecular weight excluding hydrogens is 219 g/mol. The summed E-state index contributed by atoms with van der Waals surface area (Å²) in [5.74, 6) is -1.49. The van der Waals surface area contributed by atoms with Crippen molar-refractivity contribution < 1.29 is 17.9 Å². The van der Waals surface area contributed by atoms with Gasteiger partial charge < -0.3 is 5.11 Å². The number of halogens is 2. The molecule has 13 heavy (non-hydrogen) atoms. The Morgan fingerprint density at radius 2 is 2.08 bits per heavy atom. The van der Waals surface area contributed by atoms with Crippen LogP contribution in [0.3, 0.4) is 0 Å². The Labute approximate surface area is 79.2 Å². The van der Waals surface area contributed by atoms with Crippen LogP contribution in [0.25, 0.3) is 0 Å². The molecule has 0 aromatic heterocycles. The van der Waals surface area contributed by atoms with Crippen molar-refractivity contribution in [2.45, 2.75) is 5.75 Å². The van der Waals surface area contributed by atoms with E-state index in [2.05, 4.69) is 0 Å². The molecule has 0 bridgehead atoms. The van der Waals surface area contributed by atoms with Gasteiger partial charge in [-0.2, -0.15) is 0 Å². The van der Waals surface area contributed by atoms with Gasteiger partial charge in [0.25, 0.3) is 0 Å². The highest BCUT2D eigenvalue weighted by Gasteiger charge is 2.11. The lowest BCUT2D eigenvalue weighted by Gasteiger charge is -2.01. The minimum atomic E-state index is -3.77. The molecule has 72 valence electrons. The molecule has 0 radical (unpaired) electrons. The van der Waals surface area contributed by atoms with Crippen molar-refractivity contribution in [1.29, 1.82) is 0 Å². The third-order valence-electron chi connectivity index (χ3n) is 1.37. The van der Waals surface area contributed by atoms with Crippen LogP contribution < -0.4 is 0 Å². The molecule has 0 amide bonds. The van der Waals surface area contributed by atoms with Crippen LogP contribution >= 0.6 is 10.7 Å². The van der Waals surface area contributed by atoms with Crippen molar-refractivity contribution >= 4 is 19.7 Å². The molecule has 6 heteroatoms. The molecule has 0 saturated carbocycles. The minimum absolute atomic E-state index is 0.0463. The molecule has 0 aliphatic rings. The van der Waals surface area contributed by atoms with Crippen LogP contribution in [0, 0.1) is 5.82 Å². The van der Waals surface area contributed by atoms with Gasteiger partial charge in [-0.3, -0.25) is 0 Å². The average molecular weight is 225 g/mol. The smallest absolute Gasteiger partial charge is 0.236 e. The summed E-state index contributed by atoms with van der Waals surface area (Å²) in [6, 6.07) is 3.03. The minimum Gasteiger partial charge on any atom is -0.508 e. The molecule has 1 N–H and O–H groups in total. The molecule has 0 fully saturated rings. The number of aromatic hydroxyl groups is 1. The first-order chi connectivity index (χ1) is 5.88. The van der Waals surface area contributed by atoms with Crippen LogP contribution in [0.1, 0.15) is 5.56 Å². The summed E-state index contributed by atoms with van der Waals surface area (Å²) in [5, 5.41) is 9.11. The Morgan fingerprint density at radius 3 is 2.62 bits per heavy atom. The maximum Gasteiger partial charge on any atom is 0.236 e. The zero-order valence-electron chi connectivity index (χ0n) is 6.37. The zero-order valence-corrected chi connectivity index (χ0v) is 7.94. The standard InChI is InChI=1S/C7H6ClFO3S/c8-13(11,12)4-5-3-6(9)1-2-7(5)10/h1-3,10H,4H2. The monoisotopic (exact) mass is 224 g/mol. The fourth-order valence-electron chi connectivity index (χ4n) is 0.855. The molecule has 0 heterocycles. The molecule has 3 nitrogen and oxygen atoms in total. The highest BCUT2D eigenvalue weighted by molar-refractivity contribution is 8.13. The van der Waals surface area contributed by atoms with E-state index in [1.807, 2.05) is 0 Å². The van der Waals surface area contributed by atoms with Crippen LogP contribution in [0.5, 0.6) is 5.75 Å². The lowest BCUT2D eigenvalue weighted by molar-refractivity contribution is 0.467. The first-order valence-corrected chi connectivity index (χ1v) is 5.76. The predicted molar refractivity (Wildman–Crippen MR) is 46.5 cm³/mol. The van der Waals surface area contributed by atoms with Gasteiger partial charge >= 0.3 is 0 Å². The third-order valence-corrected chi connectivity index (χ3v) is 2.35. The molecule has 1 aromatic carbocycles. The second-order valence-corrected chi connectivity index (χ2v) is 5.23. The summed E-state index contributed by atoms with van der Waals surface area (Å²) in [6.45, 7) is 0. The maximum atomic E-state index is 12.6. The Kier molecular flexibility index (Phi) is 2.77. The van der Waals surface area contributed by atoms with E-state index < -0.39 is 20.6 Å². The van der Waals surface area contributed by atoms with Gasteiger partial charge in [-0.05, 0) is 18.2 Å². The summed E-state index contributed by atoms with van der Waals surface area (Å²) < 4.78 is 33.8. The van der Waals surface area contributed by atoms with Gasteiger partial charge in [0, 0.05) is 16.2 Å². The molecule has 0 spiro atoms. The number of benzene rings is 1. The molecule has 1 aromatic rings. The van der Waals surface area contributed by atoms with Crippen LogP contribution in [0.4, 0.5) is 4.39 Å². The number of rotatable bonds is 2. The highest BCUT2D eigenvalue weighted by atomic mass is 35.7. The molecular formula is C7H6ClFO3S. The van der Waals surface area contributed by atoms with E-state index in [4.69, 9.17) is 15.8 Å². The van der Waals surface area contributed by atoms with Gasteiger partial charge in [-0.1, -0.05) is 0 Å². The average Bonchev–Trinajstić information content (AvgIpc) is 1.94. The lowest BCUT2D eigenvalue weighted by atomic mass is 10.2. The fraction of sp³-hybridized carbons (Fsp3) is 0.143. The molecule has 0 aliphatic carbocycles. The van der Waals surface area contributed by atoms with Gasteiger partial charge in [0.2, 0.25) is 9.05 Å². The van der Waals surface area contributed by atoms with Gasteiger partial charge in [-0.25, -0.2) is 12.8 Å². The molecule has 0 unspecified atom stereocenters. The van der Waals surface area contributed by atoms with Gasteiger partial charge in [0.1, 0.15) is 11.6 Å². The second-order valence-electron chi connectivity index (χ2n) is 2.46. The topological polar surface area (TPSA) is 54.4 Å². The van der Waals surface area contributed by atoms with E-state index in [1.54, 1.807) is 0 Å². The highest BCUT2D eigenvalue weighted by Crippen LogP contribution is 2.21. The Balaban J connectivity index is 3.08. The van der Waals surface area contributed by atoms with Crippen molar-refractivity contribution in [1.82, 2.24) is 0 Å². The fourth-order valence-corrected chi connectivity index (χ4v) is 1.81. The molecule has 1 rings (SSSR count). The Bertz CT molecular complexity index is 416. The summed E-state index contributed by atoms with van der Waals surface area (Å²) in [6.07, 6.45) is 0. The van der Waals surface area contributed by atoms with E-state index in [9.17, 15) is 12.8 Å². The van der Waals surface area contributed by atoms with Gasteiger partial charge in [0.05, 0.1) is 5.75 Å². The predicted octanol–water partition coefficient (Wildman–Crippen LogP) is 1.60. The maximum absolute atomic E-state index is 12.6. The SMILES string of the molecule is O=S(=O)(Cl)Cc1cc(F)ccc1O. The van der Waals surface area contributed by atoms with Crippen LogP contribution in [-0.2, 0) is 14.8 Å². The molecule has 0 atom stereocenters. The van der Waals surface area contributed by atoms with E-state index in [1.165, 1.54) is 0 Å². The normalized spacial score (nSPS) is 11.5. The molecule has 0 aliphatic heterocycles. The van der Waals surface area contributed by atoms with E-state index >= 15 is 0 Å². The van der Waals surface area contributed by atoms with Gasteiger partial charge in [0.15, 0.2) is 0 Å². The van der Waals surface area contributed by atoms with E-state index in [0.29, 0.717) is 0 Å². The van der Waals surface area contributed by atoms with E-state index in [-0.39, 0.29) is 11.3 Å². The third kappa shape index (κ3) is 3.20. The Morgan fingerprint density at radius 1 is 1.46 bits per heavy atom. The summed E-state index contributed by atoms with van der Waals surface area (Å²) in [5.41, 5.74) is -0.0463. The lowest BCUT2D eigenvalue weighted by Crippen LogP contribution is -1.96. The summed E-state index contributed by atoms with van der Waals surface area (Å²) in [7, 11) is 1.16. The number of hydrogen-bond acceptors (Lipinski definition) is 3. The first-order valence-electron chi connectivity index (χ1n) is 3.28. The van der Waals surface area contributed by atoms with Crippen LogP contribution in [0.2, 0.25) is 0 Å². The van der Waals surface area contributed by atoms with Crippen molar-refractivity contribution in [2.24, 2.45) is 0 Å². The van der Waals surface area contributed by atoms with Gasteiger partial charge in [-0.15, -0.1) is 0 Å². The molecule has 0 saturated heterocycles. The van der Waals surface area contributed by atoms with Crippen LogP contribution in [0.15, 0.2) is 18.2 Å². The summed E-state index contributed by atoms with van der Waals surface area (Å²) >= 11 is 0. The van der Waals surface area contributed by atoms with Crippen molar-refractivity contribution in [3.63, 3.8) is 0 Å². The van der Waals surface area contributed by atoms with Crippen molar-refractivity contribution in [2.75, 3.05) is 0 Å². The number of hydrogen-bond donors (Lipinski definition) is 1. The largest absolute Gasteiger partial charge is 0.508 e. The first kappa shape index (κ1) is 10.3. The number of phenolic OH excluding ortho intramolecular Hbond substituents is 1.